The summed E-state index contributed by atoms with van der Waals surface area (Å²) in [5.74, 6) is 0.738. The number of hydrogen-bond acceptors (Lipinski definition) is 5. The zero-order valence-corrected chi connectivity index (χ0v) is 18.7. The minimum absolute atomic E-state index is 0.282. The van der Waals surface area contributed by atoms with E-state index in [1.807, 2.05) is 20.8 Å². The lowest BCUT2D eigenvalue weighted by atomic mass is 10.1. The van der Waals surface area contributed by atoms with Crippen molar-refractivity contribution in [3.05, 3.63) is 0 Å². The molecule has 0 aromatic carbocycles. The summed E-state index contributed by atoms with van der Waals surface area (Å²) in [5.41, 5.74) is -0.629. The lowest BCUT2D eigenvalue weighted by molar-refractivity contribution is 0.0532. The third-order valence-electron chi connectivity index (χ3n) is 4.23. The first-order valence-electron chi connectivity index (χ1n) is 9.88. The fourth-order valence-electron chi connectivity index (χ4n) is 3.04. The second-order valence-electron chi connectivity index (χ2n) is 8.13. The van der Waals surface area contributed by atoms with Crippen LogP contribution in [0, 0.1) is 0 Å². The molecule has 27 heavy (non-hydrogen) atoms. The average molecular weight is 406 g/mol. The van der Waals surface area contributed by atoms with Gasteiger partial charge in [0.25, 0.3) is 0 Å². The number of hydrogen-bond donors (Lipinski definition) is 3. The summed E-state index contributed by atoms with van der Waals surface area (Å²) in [4.78, 5) is 7.02. The third-order valence-corrected chi connectivity index (χ3v) is 5.15. The molecule has 1 saturated heterocycles. The monoisotopic (exact) mass is 405 g/mol. The maximum Gasteiger partial charge on any atom is 0.209 e. The van der Waals surface area contributed by atoms with Crippen LogP contribution >= 0.6 is 0 Å². The van der Waals surface area contributed by atoms with E-state index in [0.717, 1.165) is 51.6 Å². The molecule has 0 spiro atoms. The molecular formula is C18H39N5O3S. The molecule has 1 rings (SSSR count). The third kappa shape index (κ3) is 11.5. The summed E-state index contributed by atoms with van der Waals surface area (Å²) < 4.78 is 31.2. The Balaban J connectivity index is 2.48. The molecular weight excluding hydrogens is 366 g/mol. The molecule has 0 unspecified atom stereocenters. The van der Waals surface area contributed by atoms with Gasteiger partial charge in [-0.25, -0.2) is 13.1 Å². The molecule has 0 aromatic rings. The van der Waals surface area contributed by atoms with Crippen molar-refractivity contribution in [2.24, 2.45) is 4.99 Å². The number of rotatable bonds is 10. The van der Waals surface area contributed by atoms with Crippen molar-refractivity contribution in [3.8, 4) is 0 Å². The Morgan fingerprint density at radius 1 is 1.30 bits per heavy atom. The van der Waals surface area contributed by atoms with Gasteiger partial charge < -0.3 is 20.3 Å². The summed E-state index contributed by atoms with van der Waals surface area (Å²) in [6.07, 6.45) is 3.56. The Bertz CT molecular complexity index is 555. The van der Waals surface area contributed by atoms with Crippen LogP contribution < -0.4 is 15.4 Å². The van der Waals surface area contributed by atoms with Gasteiger partial charge in [0.1, 0.15) is 0 Å². The van der Waals surface area contributed by atoms with Crippen LogP contribution in [0.25, 0.3) is 0 Å². The van der Waals surface area contributed by atoms with Crippen molar-refractivity contribution in [1.82, 2.24) is 20.3 Å². The number of ether oxygens (including phenoxy) is 1. The largest absolute Gasteiger partial charge is 0.377 e. The zero-order valence-electron chi connectivity index (χ0n) is 17.8. The Labute approximate surface area is 165 Å². The Hall–Kier alpha value is -0.900. The van der Waals surface area contributed by atoms with Gasteiger partial charge in [-0.1, -0.05) is 0 Å². The van der Waals surface area contributed by atoms with Crippen LogP contribution in [0.15, 0.2) is 4.99 Å². The highest BCUT2D eigenvalue weighted by Gasteiger charge is 2.23. The van der Waals surface area contributed by atoms with Crippen LogP contribution in [0.1, 0.15) is 47.5 Å². The minimum atomic E-state index is -3.26. The van der Waals surface area contributed by atoms with Gasteiger partial charge in [-0.05, 0) is 47.5 Å². The van der Waals surface area contributed by atoms with E-state index in [1.165, 1.54) is 6.26 Å². The maximum atomic E-state index is 11.5. The number of nitrogens with zero attached hydrogens (tertiary/aromatic N) is 2. The van der Waals surface area contributed by atoms with E-state index in [1.54, 1.807) is 0 Å². The van der Waals surface area contributed by atoms with Crippen molar-refractivity contribution in [3.63, 3.8) is 0 Å². The van der Waals surface area contributed by atoms with E-state index in [9.17, 15) is 8.42 Å². The SMILES string of the molecule is CCNC(=NCC(C)(C)NS(C)(=O)=O)NC1CCN(CCOC(C)C)CC1. The van der Waals surface area contributed by atoms with Gasteiger partial charge in [-0.3, -0.25) is 4.99 Å². The van der Waals surface area contributed by atoms with Crippen molar-refractivity contribution in [2.75, 3.05) is 45.6 Å². The molecule has 0 amide bonds. The van der Waals surface area contributed by atoms with Crippen LogP contribution in [-0.4, -0.2) is 82.5 Å². The predicted octanol–water partition coefficient (Wildman–Crippen LogP) is 0.759. The van der Waals surface area contributed by atoms with E-state index in [-0.39, 0.29) is 6.10 Å². The van der Waals surface area contributed by atoms with Gasteiger partial charge in [-0.15, -0.1) is 0 Å². The van der Waals surface area contributed by atoms with E-state index < -0.39 is 15.6 Å². The predicted molar refractivity (Wildman–Crippen MR) is 112 cm³/mol. The second kappa shape index (κ2) is 11.2. The summed E-state index contributed by atoms with van der Waals surface area (Å²) in [6.45, 7) is 14.8. The summed E-state index contributed by atoms with van der Waals surface area (Å²) in [7, 11) is -3.26. The van der Waals surface area contributed by atoms with Gasteiger partial charge in [0, 0.05) is 37.8 Å². The highest BCUT2D eigenvalue weighted by Crippen LogP contribution is 2.10. The summed E-state index contributed by atoms with van der Waals surface area (Å²) in [6, 6.07) is 0.371. The molecule has 0 atom stereocenters. The quantitative estimate of drug-likeness (QED) is 0.367. The van der Waals surface area contributed by atoms with Crippen LogP contribution in [0.3, 0.4) is 0 Å². The molecule has 1 aliphatic rings. The van der Waals surface area contributed by atoms with E-state index in [0.29, 0.717) is 12.6 Å². The molecule has 3 N–H and O–H groups in total. The van der Waals surface area contributed by atoms with Crippen LogP contribution in [0.5, 0.6) is 0 Å². The number of guanidine groups is 1. The topological polar surface area (TPSA) is 95.1 Å². The van der Waals surface area contributed by atoms with Crippen molar-refractivity contribution >= 4 is 16.0 Å². The van der Waals surface area contributed by atoms with Gasteiger partial charge >= 0.3 is 0 Å². The number of likely N-dealkylation sites (tertiary alicyclic amines) is 1. The fraction of sp³-hybridized carbons (Fsp3) is 0.944. The van der Waals surface area contributed by atoms with E-state index >= 15 is 0 Å². The van der Waals surface area contributed by atoms with Gasteiger partial charge in [0.2, 0.25) is 10.0 Å². The smallest absolute Gasteiger partial charge is 0.209 e. The van der Waals surface area contributed by atoms with Crippen molar-refractivity contribution in [1.29, 1.82) is 0 Å². The van der Waals surface area contributed by atoms with Crippen LogP contribution in [0.4, 0.5) is 0 Å². The first kappa shape index (κ1) is 24.1. The average Bonchev–Trinajstić information content (AvgIpc) is 2.52. The van der Waals surface area contributed by atoms with Crippen LogP contribution in [-0.2, 0) is 14.8 Å². The summed E-state index contributed by atoms with van der Waals surface area (Å²) in [5, 5.41) is 6.74. The molecule has 1 fully saturated rings. The molecule has 0 bridgehead atoms. The lowest BCUT2D eigenvalue weighted by Crippen LogP contribution is -2.50. The standard InChI is InChI=1S/C18H39N5O3S/c1-7-19-17(20-14-18(4,5)22-27(6,24)25)21-16-8-10-23(11-9-16)12-13-26-15(2)3/h15-16,22H,7-14H2,1-6H3,(H2,19,20,21). The second-order valence-corrected chi connectivity index (χ2v) is 9.88. The Kier molecular flexibility index (Phi) is 10.0. The highest BCUT2D eigenvalue weighted by atomic mass is 32.2. The number of sulfonamides is 1. The Morgan fingerprint density at radius 3 is 2.44 bits per heavy atom. The molecule has 0 saturated carbocycles. The zero-order chi connectivity index (χ0) is 20.5. The number of nitrogens with one attached hydrogen (secondary N) is 3. The van der Waals surface area contributed by atoms with Gasteiger partial charge in [0.05, 0.1) is 25.5 Å². The van der Waals surface area contributed by atoms with E-state index in [2.05, 4.69) is 39.1 Å². The van der Waals surface area contributed by atoms with Gasteiger partial charge in [0.15, 0.2) is 5.96 Å². The van der Waals surface area contributed by atoms with Crippen molar-refractivity contribution in [2.45, 2.75) is 65.1 Å². The minimum Gasteiger partial charge on any atom is -0.377 e. The first-order chi connectivity index (χ1) is 12.5. The molecule has 0 aromatic heterocycles. The lowest BCUT2D eigenvalue weighted by Gasteiger charge is -2.33. The normalized spacial score (nSPS) is 18.1. The molecule has 160 valence electrons. The molecule has 8 nitrogen and oxygen atoms in total. The van der Waals surface area contributed by atoms with Crippen LogP contribution in [0.2, 0.25) is 0 Å². The molecule has 0 radical (unpaired) electrons. The fourth-order valence-corrected chi connectivity index (χ4v) is 4.11. The van der Waals surface area contributed by atoms with Gasteiger partial charge in [-0.2, -0.15) is 0 Å². The highest BCUT2D eigenvalue weighted by molar-refractivity contribution is 7.88. The van der Waals surface area contributed by atoms with E-state index in [4.69, 9.17) is 4.74 Å². The number of piperidine rings is 1. The Morgan fingerprint density at radius 2 is 1.93 bits per heavy atom. The maximum absolute atomic E-state index is 11.5. The molecule has 1 heterocycles. The first-order valence-corrected chi connectivity index (χ1v) is 11.8. The summed E-state index contributed by atoms with van der Waals surface area (Å²) >= 11 is 0. The van der Waals surface area contributed by atoms with Crippen molar-refractivity contribution < 1.29 is 13.2 Å². The molecule has 9 heteroatoms. The molecule has 0 aliphatic carbocycles. The molecule has 1 aliphatic heterocycles. The number of aliphatic imine (C=N–C) groups is 1.